The van der Waals surface area contributed by atoms with Gasteiger partial charge in [-0.15, -0.1) is 0 Å². The summed E-state index contributed by atoms with van der Waals surface area (Å²) in [5.74, 6) is 2.87. The molecule has 0 aromatic carbocycles. The zero-order valence-electron chi connectivity index (χ0n) is 9.28. The van der Waals surface area contributed by atoms with Gasteiger partial charge < -0.3 is 10.3 Å². The average Bonchev–Trinajstić information content (AvgIpc) is 2.67. The molecule has 84 valence electrons. The second-order valence-electron chi connectivity index (χ2n) is 4.55. The Bertz CT molecular complexity index is 311. The predicted octanol–water partition coefficient (Wildman–Crippen LogP) is 1.86. The van der Waals surface area contributed by atoms with Crippen LogP contribution in [0.15, 0.2) is 4.52 Å². The Morgan fingerprint density at radius 1 is 1.47 bits per heavy atom. The summed E-state index contributed by atoms with van der Waals surface area (Å²) in [4.78, 5) is 4.40. The normalized spacial score (nSPS) is 26.8. The van der Waals surface area contributed by atoms with Crippen LogP contribution < -0.4 is 5.73 Å². The monoisotopic (exact) mass is 209 g/mol. The standard InChI is InChI=1S/C11H19N3O/c1-8-3-2-4-9(7-8)11-13-10(5-6-12)15-14-11/h8-9H,2-7,12H2,1H3. The first-order valence-electron chi connectivity index (χ1n) is 5.82. The summed E-state index contributed by atoms with van der Waals surface area (Å²) in [6.45, 7) is 2.87. The van der Waals surface area contributed by atoms with Crippen LogP contribution in [-0.2, 0) is 6.42 Å². The third-order valence-electron chi connectivity index (χ3n) is 3.14. The summed E-state index contributed by atoms with van der Waals surface area (Å²) >= 11 is 0. The van der Waals surface area contributed by atoms with Gasteiger partial charge >= 0.3 is 0 Å². The first-order chi connectivity index (χ1) is 7.29. The Labute approximate surface area is 90.2 Å². The third-order valence-corrected chi connectivity index (χ3v) is 3.14. The minimum Gasteiger partial charge on any atom is -0.339 e. The molecule has 0 radical (unpaired) electrons. The lowest BCUT2D eigenvalue weighted by Crippen LogP contribution is -2.13. The van der Waals surface area contributed by atoms with Crippen molar-refractivity contribution in [3.05, 3.63) is 11.7 Å². The molecule has 4 nitrogen and oxygen atoms in total. The van der Waals surface area contributed by atoms with E-state index >= 15 is 0 Å². The molecule has 0 bridgehead atoms. The molecule has 1 saturated carbocycles. The number of hydrogen-bond acceptors (Lipinski definition) is 4. The van der Waals surface area contributed by atoms with E-state index in [-0.39, 0.29) is 0 Å². The molecule has 1 aliphatic rings. The zero-order chi connectivity index (χ0) is 10.7. The molecule has 1 aliphatic carbocycles. The van der Waals surface area contributed by atoms with E-state index in [0.29, 0.717) is 24.8 Å². The summed E-state index contributed by atoms with van der Waals surface area (Å²) < 4.78 is 5.15. The van der Waals surface area contributed by atoms with Crippen LogP contribution in [0, 0.1) is 5.92 Å². The van der Waals surface area contributed by atoms with E-state index in [0.717, 1.165) is 11.7 Å². The van der Waals surface area contributed by atoms with Crippen LogP contribution in [0.3, 0.4) is 0 Å². The van der Waals surface area contributed by atoms with Gasteiger partial charge in [0.1, 0.15) is 0 Å². The minimum atomic E-state index is 0.504. The van der Waals surface area contributed by atoms with Crippen LogP contribution >= 0.6 is 0 Å². The number of nitrogens with two attached hydrogens (primary N) is 1. The van der Waals surface area contributed by atoms with Crippen molar-refractivity contribution in [2.45, 2.75) is 44.9 Å². The highest BCUT2D eigenvalue weighted by atomic mass is 16.5. The second-order valence-corrected chi connectivity index (χ2v) is 4.55. The van der Waals surface area contributed by atoms with Gasteiger partial charge in [-0.1, -0.05) is 24.9 Å². The van der Waals surface area contributed by atoms with Gasteiger partial charge in [-0.3, -0.25) is 0 Å². The SMILES string of the molecule is CC1CCCC(c2noc(CCN)n2)C1. The molecule has 0 amide bonds. The summed E-state index contributed by atoms with van der Waals surface area (Å²) in [7, 11) is 0. The molecule has 4 heteroatoms. The van der Waals surface area contributed by atoms with Crippen molar-refractivity contribution in [1.29, 1.82) is 0 Å². The van der Waals surface area contributed by atoms with Gasteiger partial charge in [0, 0.05) is 18.9 Å². The van der Waals surface area contributed by atoms with Crippen molar-refractivity contribution in [2.24, 2.45) is 11.7 Å². The fourth-order valence-electron chi connectivity index (χ4n) is 2.33. The van der Waals surface area contributed by atoms with Gasteiger partial charge in [0.2, 0.25) is 5.89 Å². The predicted molar refractivity (Wildman–Crippen MR) is 57.4 cm³/mol. The third kappa shape index (κ3) is 2.56. The quantitative estimate of drug-likeness (QED) is 0.825. The summed E-state index contributed by atoms with van der Waals surface area (Å²) in [5.41, 5.74) is 5.44. The molecular weight excluding hydrogens is 190 g/mol. The molecule has 1 aromatic heterocycles. The lowest BCUT2D eigenvalue weighted by Gasteiger charge is -2.23. The maximum atomic E-state index is 5.44. The Hall–Kier alpha value is -0.900. The maximum absolute atomic E-state index is 5.44. The lowest BCUT2D eigenvalue weighted by molar-refractivity contribution is 0.320. The van der Waals surface area contributed by atoms with E-state index in [1.807, 2.05) is 0 Å². The van der Waals surface area contributed by atoms with E-state index in [2.05, 4.69) is 17.1 Å². The summed E-state index contributed by atoms with van der Waals surface area (Å²) in [5, 5.41) is 4.05. The molecule has 2 rings (SSSR count). The van der Waals surface area contributed by atoms with Gasteiger partial charge in [-0.05, 0) is 18.8 Å². The van der Waals surface area contributed by atoms with Gasteiger partial charge in [0.15, 0.2) is 5.82 Å². The Kier molecular flexibility index (Phi) is 3.36. The van der Waals surface area contributed by atoms with E-state index in [4.69, 9.17) is 10.3 Å². The lowest BCUT2D eigenvalue weighted by atomic mass is 9.82. The van der Waals surface area contributed by atoms with Crippen molar-refractivity contribution in [3.8, 4) is 0 Å². The van der Waals surface area contributed by atoms with E-state index in [1.165, 1.54) is 25.7 Å². The Balaban J connectivity index is 2.01. The van der Waals surface area contributed by atoms with Crippen LogP contribution in [-0.4, -0.2) is 16.7 Å². The first kappa shape index (κ1) is 10.6. The fourth-order valence-corrected chi connectivity index (χ4v) is 2.33. The molecule has 2 N–H and O–H groups in total. The van der Waals surface area contributed by atoms with Crippen LogP contribution in [0.4, 0.5) is 0 Å². The molecule has 0 spiro atoms. The largest absolute Gasteiger partial charge is 0.339 e. The molecule has 1 heterocycles. The molecule has 0 saturated heterocycles. The molecule has 2 atom stereocenters. The first-order valence-corrected chi connectivity index (χ1v) is 5.82. The summed E-state index contributed by atoms with van der Waals surface area (Å²) in [6, 6.07) is 0. The number of aromatic nitrogens is 2. The molecule has 1 fully saturated rings. The Morgan fingerprint density at radius 3 is 3.07 bits per heavy atom. The van der Waals surface area contributed by atoms with Gasteiger partial charge in [0.05, 0.1) is 0 Å². The molecule has 2 unspecified atom stereocenters. The van der Waals surface area contributed by atoms with Gasteiger partial charge in [-0.25, -0.2) is 0 Å². The van der Waals surface area contributed by atoms with Crippen molar-refractivity contribution < 1.29 is 4.52 Å². The molecular formula is C11H19N3O. The highest BCUT2D eigenvalue weighted by Crippen LogP contribution is 2.34. The smallest absolute Gasteiger partial charge is 0.227 e. The summed E-state index contributed by atoms with van der Waals surface area (Å²) in [6.07, 6.45) is 5.71. The van der Waals surface area contributed by atoms with Crippen LogP contribution in [0.2, 0.25) is 0 Å². The highest BCUT2D eigenvalue weighted by Gasteiger charge is 2.24. The second kappa shape index (κ2) is 4.75. The zero-order valence-corrected chi connectivity index (χ0v) is 9.28. The van der Waals surface area contributed by atoms with Crippen molar-refractivity contribution in [3.63, 3.8) is 0 Å². The van der Waals surface area contributed by atoms with Gasteiger partial charge in [0.25, 0.3) is 0 Å². The van der Waals surface area contributed by atoms with E-state index < -0.39 is 0 Å². The average molecular weight is 209 g/mol. The number of hydrogen-bond donors (Lipinski definition) is 1. The highest BCUT2D eigenvalue weighted by molar-refractivity contribution is 4.97. The van der Waals surface area contributed by atoms with Crippen LogP contribution in [0.25, 0.3) is 0 Å². The fraction of sp³-hybridized carbons (Fsp3) is 0.818. The number of rotatable bonds is 3. The van der Waals surface area contributed by atoms with Crippen LogP contribution in [0.5, 0.6) is 0 Å². The van der Waals surface area contributed by atoms with Crippen molar-refractivity contribution >= 4 is 0 Å². The molecule has 15 heavy (non-hydrogen) atoms. The maximum Gasteiger partial charge on any atom is 0.227 e. The van der Waals surface area contributed by atoms with Crippen LogP contribution in [0.1, 0.15) is 50.2 Å². The number of nitrogens with zero attached hydrogens (tertiary/aromatic N) is 2. The minimum absolute atomic E-state index is 0.504. The molecule has 1 aromatic rings. The van der Waals surface area contributed by atoms with E-state index in [1.54, 1.807) is 0 Å². The van der Waals surface area contributed by atoms with Crippen molar-refractivity contribution in [1.82, 2.24) is 10.1 Å². The molecule has 0 aliphatic heterocycles. The topological polar surface area (TPSA) is 64.9 Å². The van der Waals surface area contributed by atoms with E-state index in [9.17, 15) is 0 Å². The Morgan fingerprint density at radius 2 is 2.33 bits per heavy atom. The van der Waals surface area contributed by atoms with Crippen molar-refractivity contribution in [2.75, 3.05) is 6.54 Å². The van der Waals surface area contributed by atoms with Gasteiger partial charge in [-0.2, -0.15) is 4.98 Å².